The Kier molecular flexibility index (Phi) is 5.60. The van der Waals surface area contributed by atoms with Gasteiger partial charge < -0.3 is 10.3 Å². The predicted molar refractivity (Wildman–Crippen MR) is 139 cm³/mol. The summed E-state index contributed by atoms with van der Waals surface area (Å²) >= 11 is 0. The van der Waals surface area contributed by atoms with Crippen molar-refractivity contribution in [3.05, 3.63) is 73.0 Å². The molecule has 0 aliphatic carbocycles. The van der Waals surface area contributed by atoms with Gasteiger partial charge in [0.1, 0.15) is 22.7 Å². The third-order valence-electron chi connectivity index (χ3n) is 6.13. The fourth-order valence-electron chi connectivity index (χ4n) is 4.16. The van der Waals surface area contributed by atoms with Gasteiger partial charge in [-0.1, -0.05) is 26.0 Å². The molecule has 5 aromatic heterocycles. The number of nitrogens with one attached hydrogen (secondary N) is 3. The molecule has 1 amide bonds. The summed E-state index contributed by atoms with van der Waals surface area (Å²) in [5.74, 6) is -1.00. The van der Waals surface area contributed by atoms with Crippen molar-refractivity contribution < 1.29 is 13.6 Å². The normalized spacial score (nSPS) is 11.5. The van der Waals surface area contributed by atoms with E-state index in [2.05, 4.69) is 35.5 Å². The van der Waals surface area contributed by atoms with Crippen molar-refractivity contribution in [1.82, 2.24) is 35.1 Å². The van der Waals surface area contributed by atoms with E-state index in [1.807, 2.05) is 0 Å². The Hall–Kier alpha value is -5.06. The molecule has 5 heterocycles. The van der Waals surface area contributed by atoms with E-state index in [0.717, 1.165) is 5.56 Å². The number of fused-ring (bicyclic) bond motifs is 2. The molecule has 0 aliphatic heterocycles. The van der Waals surface area contributed by atoms with Crippen LogP contribution in [-0.2, 0) is 4.79 Å². The van der Waals surface area contributed by atoms with E-state index in [-0.39, 0.29) is 28.7 Å². The molecule has 9 nitrogen and oxygen atoms in total. The molecule has 3 N–H and O–H groups in total. The minimum atomic E-state index is -0.613. The zero-order valence-electron chi connectivity index (χ0n) is 20.3. The lowest BCUT2D eigenvalue weighted by Gasteiger charge is -2.09. The number of carbonyl (C=O) groups excluding carboxylic acids is 1. The first-order valence-corrected chi connectivity index (χ1v) is 11.8. The number of anilines is 1. The van der Waals surface area contributed by atoms with E-state index in [0.29, 0.717) is 44.9 Å². The molecule has 0 fully saturated rings. The zero-order valence-corrected chi connectivity index (χ0v) is 20.3. The maximum absolute atomic E-state index is 16.0. The van der Waals surface area contributed by atoms with Crippen LogP contribution in [0.5, 0.6) is 0 Å². The molecule has 11 heteroatoms. The first-order valence-electron chi connectivity index (χ1n) is 11.8. The van der Waals surface area contributed by atoms with Gasteiger partial charge in [0.2, 0.25) is 5.91 Å². The summed E-state index contributed by atoms with van der Waals surface area (Å²) in [6, 6.07) is 7.65. The van der Waals surface area contributed by atoms with Crippen molar-refractivity contribution in [2.24, 2.45) is 5.92 Å². The van der Waals surface area contributed by atoms with E-state index in [1.165, 1.54) is 30.7 Å². The molecule has 0 atom stereocenters. The molecule has 6 rings (SSSR count). The highest BCUT2D eigenvalue weighted by molar-refractivity contribution is 5.98. The number of halogens is 2. The Bertz CT molecular complexity index is 1830. The monoisotopic (exact) mass is 510 g/mol. The molecule has 0 bridgehead atoms. The number of aromatic amines is 2. The number of amides is 1. The number of hydrogen-bond donors (Lipinski definition) is 3. The fourth-order valence-corrected chi connectivity index (χ4v) is 4.16. The second kappa shape index (κ2) is 9.11. The zero-order chi connectivity index (χ0) is 26.4. The van der Waals surface area contributed by atoms with Gasteiger partial charge in [0.15, 0.2) is 11.6 Å². The van der Waals surface area contributed by atoms with E-state index in [1.54, 1.807) is 44.4 Å². The quantitative estimate of drug-likeness (QED) is 0.281. The lowest BCUT2D eigenvalue weighted by molar-refractivity contribution is -0.118. The number of H-pyrrole nitrogens is 2. The van der Waals surface area contributed by atoms with Gasteiger partial charge in [0.25, 0.3) is 0 Å². The molecule has 188 valence electrons. The molecule has 38 heavy (non-hydrogen) atoms. The first-order chi connectivity index (χ1) is 18.4. The maximum Gasteiger partial charge on any atom is 0.226 e. The van der Waals surface area contributed by atoms with Crippen molar-refractivity contribution >= 4 is 33.5 Å². The highest BCUT2D eigenvalue weighted by atomic mass is 19.1. The summed E-state index contributed by atoms with van der Waals surface area (Å²) in [6.45, 7) is 3.55. The van der Waals surface area contributed by atoms with Crippen LogP contribution in [0.1, 0.15) is 13.8 Å². The van der Waals surface area contributed by atoms with E-state index < -0.39 is 5.82 Å². The largest absolute Gasteiger partial charge is 0.335 e. The minimum absolute atomic E-state index is 0.0538. The number of carbonyl (C=O) groups is 1. The molecular weight excluding hydrogens is 490 g/mol. The summed E-state index contributed by atoms with van der Waals surface area (Å²) in [5.41, 5.74) is 4.19. The van der Waals surface area contributed by atoms with Crippen LogP contribution >= 0.6 is 0 Å². The second-order valence-electron chi connectivity index (χ2n) is 9.06. The van der Waals surface area contributed by atoms with Crippen molar-refractivity contribution in [2.45, 2.75) is 13.8 Å². The van der Waals surface area contributed by atoms with Gasteiger partial charge in [-0.15, -0.1) is 0 Å². The number of pyridine rings is 3. The molecule has 1 aromatic carbocycles. The molecule has 6 aromatic rings. The lowest BCUT2D eigenvalue weighted by atomic mass is 10.1. The topological polar surface area (TPSA) is 125 Å². The smallest absolute Gasteiger partial charge is 0.226 e. The lowest BCUT2D eigenvalue weighted by Crippen LogP contribution is -2.17. The van der Waals surface area contributed by atoms with Crippen LogP contribution in [0.15, 0.2) is 61.3 Å². The van der Waals surface area contributed by atoms with Gasteiger partial charge >= 0.3 is 0 Å². The minimum Gasteiger partial charge on any atom is -0.335 e. The number of nitrogens with zero attached hydrogens (tertiary/aromatic N) is 5. The molecular formula is C27H20F2N8O. The maximum atomic E-state index is 16.0. The number of benzene rings is 1. The number of hydrogen-bond acceptors (Lipinski definition) is 6. The van der Waals surface area contributed by atoms with Gasteiger partial charge in [-0.3, -0.25) is 24.8 Å². The van der Waals surface area contributed by atoms with Crippen LogP contribution in [0, 0.1) is 17.6 Å². The molecule has 0 saturated heterocycles. The average Bonchev–Trinajstić information content (AvgIpc) is 3.54. The number of rotatable bonds is 5. The van der Waals surface area contributed by atoms with Crippen LogP contribution in [0.4, 0.5) is 14.5 Å². The Balaban J connectivity index is 1.45. The van der Waals surface area contributed by atoms with Gasteiger partial charge in [-0.2, -0.15) is 5.10 Å². The van der Waals surface area contributed by atoms with Gasteiger partial charge in [-0.05, 0) is 23.8 Å². The Labute approximate surface area is 214 Å². The summed E-state index contributed by atoms with van der Waals surface area (Å²) in [4.78, 5) is 32.6. The summed E-state index contributed by atoms with van der Waals surface area (Å²) in [6.07, 6.45) is 7.69. The van der Waals surface area contributed by atoms with Crippen LogP contribution in [0.2, 0.25) is 0 Å². The fraction of sp³-hybridized carbons (Fsp3) is 0.111. The standard InChI is InChI=1S/C27H20F2N8O/c1-13(2)27(38)33-17-7-15(8-30-9-17)23-22(29)21-19(12-32-23)36-37-25(21)26-34-20-11-31-10-18(24(20)35-26)14-3-5-16(28)6-4-14/h3-13H,1-2H3,(H,33,38)(H,34,35)(H,36,37). The third-order valence-corrected chi connectivity index (χ3v) is 6.13. The number of imidazole rings is 1. The van der Waals surface area contributed by atoms with Crippen molar-refractivity contribution in [3.8, 4) is 33.9 Å². The van der Waals surface area contributed by atoms with Gasteiger partial charge in [0, 0.05) is 29.4 Å². The Morgan fingerprint density at radius 2 is 1.76 bits per heavy atom. The van der Waals surface area contributed by atoms with Crippen molar-refractivity contribution in [2.75, 3.05) is 5.32 Å². The summed E-state index contributed by atoms with van der Waals surface area (Å²) in [7, 11) is 0. The SMILES string of the molecule is CC(C)C(=O)Nc1cncc(-c2ncc3n[nH]c(-c4nc5c(-c6ccc(F)cc6)cncc5[nH]4)c3c2F)c1. The van der Waals surface area contributed by atoms with E-state index in [9.17, 15) is 9.18 Å². The summed E-state index contributed by atoms with van der Waals surface area (Å²) in [5, 5.41) is 10.0. The van der Waals surface area contributed by atoms with E-state index in [4.69, 9.17) is 4.98 Å². The van der Waals surface area contributed by atoms with Crippen LogP contribution in [0.25, 0.3) is 55.8 Å². The Morgan fingerprint density at radius 1 is 0.974 bits per heavy atom. The molecule has 0 unspecified atom stereocenters. The van der Waals surface area contributed by atoms with Gasteiger partial charge in [0.05, 0.1) is 40.7 Å². The van der Waals surface area contributed by atoms with Crippen molar-refractivity contribution in [1.29, 1.82) is 0 Å². The van der Waals surface area contributed by atoms with Crippen molar-refractivity contribution in [3.63, 3.8) is 0 Å². The molecule has 0 radical (unpaired) electrons. The molecule has 0 saturated carbocycles. The first kappa shape index (κ1) is 23.3. The Morgan fingerprint density at radius 3 is 2.55 bits per heavy atom. The highest BCUT2D eigenvalue weighted by Gasteiger charge is 2.21. The van der Waals surface area contributed by atoms with Gasteiger partial charge in [-0.25, -0.2) is 13.8 Å². The second-order valence-corrected chi connectivity index (χ2v) is 9.06. The molecule has 0 spiro atoms. The third kappa shape index (κ3) is 4.03. The predicted octanol–water partition coefficient (Wildman–Crippen LogP) is 5.50. The average molecular weight is 511 g/mol. The molecule has 0 aliphatic rings. The van der Waals surface area contributed by atoms with Crippen LogP contribution in [0.3, 0.4) is 0 Å². The van der Waals surface area contributed by atoms with Crippen LogP contribution < -0.4 is 5.32 Å². The number of aromatic nitrogens is 7. The summed E-state index contributed by atoms with van der Waals surface area (Å²) < 4.78 is 29.4. The van der Waals surface area contributed by atoms with E-state index >= 15 is 4.39 Å². The van der Waals surface area contributed by atoms with Crippen LogP contribution in [-0.4, -0.2) is 41.0 Å². The highest BCUT2D eigenvalue weighted by Crippen LogP contribution is 2.34.